The van der Waals surface area contributed by atoms with Crippen molar-refractivity contribution in [2.24, 2.45) is 5.90 Å². The lowest BCUT2D eigenvalue weighted by Gasteiger charge is -2.07. The summed E-state index contributed by atoms with van der Waals surface area (Å²) >= 11 is 0. The summed E-state index contributed by atoms with van der Waals surface area (Å²) in [5, 5.41) is 0. The highest BCUT2D eigenvalue weighted by atomic mass is 32.2. The van der Waals surface area contributed by atoms with Gasteiger partial charge in [0.2, 0.25) is 10.0 Å². The molecule has 7 heteroatoms. The second-order valence-electron chi connectivity index (χ2n) is 3.53. The number of nitrogens with one attached hydrogen (secondary N) is 1. The highest BCUT2D eigenvalue weighted by Crippen LogP contribution is 2.13. The molecule has 1 aromatic carbocycles. The summed E-state index contributed by atoms with van der Waals surface area (Å²) in [5.41, 5.74) is 0.290. The Balaban J connectivity index is 2.72. The number of nitrogens with two attached hydrogens (primary N) is 1. The molecule has 0 spiro atoms. The van der Waals surface area contributed by atoms with Crippen LogP contribution in [0, 0.1) is 12.7 Å². The quantitative estimate of drug-likeness (QED) is 0.584. The van der Waals surface area contributed by atoms with Crippen LogP contribution in [-0.4, -0.2) is 21.6 Å². The Morgan fingerprint density at radius 2 is 2.18 bits per heavy atom. The first-order valence-electron chi connectivity index (χ1n) is 5.05. The predicted octanol–water partition coefficient (Wildman–Crippen LogP) is 0.693. The SMILES string of the molecule is Cc1cc(S(=O)(=O)NCCCON)ccc1F. The minimum absolute atomic E-state index is 0.0464. The van der Waals surface area contributed by atoms with Crippen LogP contribution in [0.3, 0.4) is 0 Å². The molecule has 0 unspecified atom stereocenters. The summed E-state index contributed by atoms with van der Waals surface area (Å²) in [6.45, 7) is 2.00. The number of hydrogen-bond donors (Lipinski definition) is 2. The van der Waals surface area contributed by atoms with Crippen LogP contribution < -0.4 is 10.6 Å². The fraction of sp³-hybridized carbons (Fsp3) is 0.400. The minimum Gasteiger partial charge on any atom is -0.305 e. The van der Waals surface area contributed by atoms with Crippen molar-refractivity contribution in [1.29, 1.82) is 0 Å². The van der Waals surface area contributed by atoms with Crippen molar-refractivity contribution in [3.05, 3.63) is 29.6 Å². The van der Waals surface area contributed by atoms with E-state index in [9.17, 15) is 12.8 Å². The molecule has 0 bridgehead atoms. The van der Waals surface area contributed by atoms with E-state index in [4.69, 9.17) is 5.90 Å². The monoisotopic (exact) mass is 262 g/mol. The highest BCUT2D eigenvalue weighted by Gasteiger charge is 2.14. The van der Waals surface area contributed by atoms with E-state index in [2.05, 4.69) is 9.56 Å². The number of benzene rings is 1. The van der Waals surface area contributed by atoms with Crippen LogP contribution in [-0.2, 0) is 14.9 Å². The van der Waals surface area contributed by atoms with Crippen molar-refractivity contribution in [3.63, 3.8) is 0 Å². The molecule has 0 heterocycles. The average Bonchev–Trinajstić information content (AvgIpc) is 2.28. The lowest BCUT2D eigenvalue weighted by atomic mass is 10.2. The molecule has 1 aromatic rings. The zero-order valence-corrected chi connectivity index (χ0v) is 10.3. The van der Waals surface area contributed by atoms with Gasteiger partial charge in [-0.3, -0.25) is 0 Å². The molecule has 0 aliphatic carbocycles. The molecule has 0 fully saturated rings. The smallest absolute Gasteiger partial charge is 0.240 e. The molecule has 0 aliphatic rings. The summed E-state index contributed by atoms with van der Waals surface area (Å²) in [6.07, 6.45) is 0.468. The molecule has 3 N–H and O–H groups in total. The molecule has 0 atom stereocenters. The van der Waals surface area contributed by atoms with E-state index in [1.54, 1.807) is 0 Å². The average molecular weight is 262 g/mol. The number of aryl methyl sites for hydroxylation is 1. The number of sulfonamides is 1. The van der Waals surface area contributed by atoms with Gasteiger partial charge in [0.1, 0.15) is 5.82 Å². The van der Waals surface area contributed by atoms with Gasteiger partial charge < -0.3 is 4.84 Å². The lowest BCUT2D eigenvalue weighted by Crippen LogP contribution is -2.26. The maximum atomic E-state index is 13.0. The molecule has 0 aliphatic heterocycles. The third kappa shape index (κ3) is 4.04. The maximum absolute atomic E-state index is 13.0. The van der Waals surface area contributed by atoms with Crippen LogP contribution in [0.1, 0.15) is 12.0 Å². The molecule has 96 valence electrons. The summed E-state index contributed by atoms with van der Waals surface area (Å²) in [7, 11) is -3.59. The van der Waals surface area contributed by atoms with Gasteiger partial charge in [-0.15, -0.1) is 0 Å². The predicted molar refractivity (Wildman–Crippen MR) is 61.1 cm³/mol. The van der Waals surface area contributed by atoms with Crippen molar-refractivity contribution in [1.82, 2.24) is 4.72 Å². The summed E-state index contributed by atoms with van der Waals surface area (Å²) in [4.78, 5) is 4.36. The second kappa shape index (κ2) is 6.06. The topological polar surface area (TPSA) is 81.4 Å². The summed E-state index contributed by atoms with van der Waals surface area (Å²) in [5.74, 6) is 4.38. The molecule has 5 nitrogen and oxygen atoms in total. The molecular formula is C10H15FN2O3S. The lowest BCUT2D eigenvalue weighted by molar-refractivity contribution is 0.136. The van der Waals surface area contributed by atoms with Gasteiger partial charge in [0.05, 0.1) is 11.5 Å². The van der Waals surface area contributed by atoms with Gasteiger partial charge in [-0.2, -0.15) is 0 Å². The Morgan fingerprint density at radius 1 is 1.47 bits per heavy atom. The molecule has 1 rings (SSSR count). The van der Waals surface area contributed by atoms with E-state index in [0.717, 1.165) is 6.07 Å². The molecule has 0 aromatic heterocycles. The third-order valence-electron chi connectivity index (χ3n) is 2.17. The molecule has 0 saturated carbocycles. The van der Waals surface area contributed by atoms with E-state index < -0.39 is 15.8 Å². The number of rotatable bonds is 6. The Kier molecular flexibility index (Phi) is 5.01. The first-order valence-corrected chi connectivity index (χ1v) is 6.53. The van der Waals surface area contributed by atoms with Crippen molar-refractivity contribution in [3.8, 4) is 0 Å². The molecule has 17 heavy (non-hydrogen) atoms. The van der Waals surface area contributed by atoms with Gasteiger partial charge in [0.15, 0.2) is 0 Å². The van der Waals surface area contributed by atoms with Gasteiger partial charge in [-0.25, -0.2) is 23.4 Å². The largest absolute Gasteiger partial charge is 0.305 e. The van der Waals surface area contributed by atoms with Crippen molar-refractivity contribution < 1.29 is 17.6 Å². The minimum atomic E-state index is -3.59. The number of halogens is 1. The number of hydrogen-bond acceptors (Lipinski definition) is 4. The first-order chi connectivity index (χ1) is 7.97. The van der Waals surface area contributed by atoms with E-state index in [1.807, 2.05) is 0 Å². The molecule has 0 saturated heterocycles. The summed E-state index contributed by atoms with van der Waals surface area (Å²) < 4.78 is 38.9. The second-order valence-corrected chi connectivity index (χ2v) is 5.30. The van der Waals surface area contributed by atoms with Gasteiger partial charge in [0, 0.05) is 6.54 Å². The third-order valence-corrected chi connectivity index (χ3v) is 3.63. The highest BCUT2D eigenvalue weighted by molar-refractivity contribution is 7.89. The Bertz CT molecular complexity index is 476. The van der Waals surface area contributed by atoms with Crippen molar-refractivity contribution >= 4 is 10.0 Å². The maximum Gasteiger partial charge on any atom is 0.240 e. The van der Waals surface area contributed by atoms with E-state index >= 15 is 0 Å². The standard InChI is InChI=1S/C10H15FN2O3S/c1-8-7-9(3-4-10(8)11)17(14,15)13-5-2-6-16-12/h3-4,7,13H,2,5-6,12H2,1H3. The first kappa shape index (κ1) is 14.0. The van der Waals surface area contributed by atoms with Crippen LogP contribution in [0.25, 0.3) is 0 Å². The van der Waals surface area contributed by atoms with Crippen LogP contribution >= 0.6 is 0 Å². The fourth-order valence-electron chi connectivity index (χ4n) is 1.23. The van der Waals surface area contributed by atoms with E-state index in [-0.39, 0.29) is 23.6 Å². The van der Waals surface area contributed by atoms with Crippen molar-refractivity contribution in [2.75, 3.05) is 13.2 Å². The normalized spacial score (nSPS) is 11.7. The zero-order valence-electron chi connectivity index (χ0n) is 9.44. The Labute approximate surface area is 99.8 Å². The van der Waals surface area contributed by atoms with E-state index in [0.29, 0.717) is 6.42 Å². The molecular weight excluding hydrogens is 247 g/mol. The molecule has 0 radical (unpaired) electrons. The fourth-order valence-corrected chi connectivity index (χ4v) is 2.39. The van der Waals surface area contributed by atoms with Crippen LogP contribution in [0.4, 0.5) is 4.39 Å². The van der Waals surface area contributed by atoms with Crippen molar-refractivity contribution in [2.45, 2.75) is 18.2 Å². The van der Waals surface area contributed by atoms with Gasteiger partial charge >= 0.3 is 0 Å². The van der Waals surface area contributed by atoms with Crippen LogP contribution in [0.2, 0.25) is 0 Å². The van der Waals surface area contributed by atoms with E-state index in [1.165, 1.54) is 19.1 Å². The van der Waals surface area contributed by atoms with Crippen LogP contribution in [0.5, 0.6) is 0 Å². The van der Waals surface area contributed by atoms with Gasteiger partial charge in [-0.1, -0.05) is 0 Å². The van der Waals surface area contributed by atoms with Gasteiger partial charge in [0.25, 0.3) is 0 Å². The zero-order chi connectivity index (χ0) is 12.9. The van der Waals surface area contributed by atoms with Crippen LogP contribution in [0.15, 0.2) is 23.1 Å². The summed E-state index contributed by atoms with van der Waals surface area (Å²) in [6, 6.07) is 3.65. The Morgan fingerprint density at radius 3 is 2.76 bits per heavy atom. The van der Waals surface area contributed by atoms with Gasteiger partial charge in [-0.05, 0) is 37.1 Å². The Hall–Kier alpha value is -1.02. The molecule has 0 amide bonds.